The number of piperazine rings is 1. The Morgan fingerprint density at radius 1 is 1.29 bits per heavy atom. The van der Waals surface area contributed by atoms with Crippen molar-refractivity contribution in [3.63, 3.8) is 0 Å². The number of carbonyl (C=O) groups is 1. The highest BCUT2D eigenvalue weighted by Crippen LogP contribution is 2.28. The van der Waals surface area contributed by atoms with E-state index >= 15 is 0 Å². The summed E-state index contributed by atoms with van der Waals surface area (Å²) < 4.78 is 41.5. The lowest BCUT2D eigenvalue weighted by atomic mass is 10.3. The predicted octanol–water partition coefficient (Wildman–Crippen LogP) is 1.75. The smallest absolute Gasteiger partial charge is 0.441 e. The van der Waals surface area contributed by atoms with Crippen LogP contribution in [0.4, 0.5) is 24.7 Å². The maximum absolute atomic E-state index is 12.4. The number of amides is 1. The van der Waals surface area contributed by atoms with Crippen LogP contribution in [0.3, 0.4) is 0 Å². The second-order valence-corrected chi connectivity index (χ2v) is 5.13. The molecule has 1 saturated heterocycles. The van der Waals surface area contributed by atoms with Gasteiger partial charge in [0.25, 0.3) is 5.91 Å². The largest absolute Gasteiger partial charge is 0.468 e. The Morgan fingerprint density at radius 2 is 2.04 bits per heavy atom. The van der Waals surface area contributed by atoms with Gasteiger partial charge in [0.1, 0.15) is 12.1 Å². The molecule has 2 aromatic heterocycles. The van der Waals surface area contributed by atoms with Gasteiger partial charge in [0.2, 0.25) is 0 Å². The van der Waals surface area contributed by atoms with E-state index in [-0.39, 0.29) is 0 Å². The van der Waals surface area contributed by atoms with E-state index in [2.05, 4.69) is 29.9 Å². The van der Waals surface area contributed by atoms with Gasteiger partial charge in [-0.1, -0.05) is 0 Å². The van der Waals surface area contributed by atoms with Gasteiger partial charge >= 0.3 is 12.1 Å². The number of halogens is 3. The first kappa shape index (κ1) is 16.2. The summed E-state index contributed by atoms with van der Waals surface area (Å²) >= 11 is 0. The van der Waals surface area contributed by atoms with E-state index in [1.165, 1.54) is 6.20 Å². The van der Waals surface area contributed by atoms with E-state index in [0.29, 0.717) is 12.0 Å². The molecule has 0 atom stereocenters. The molecule has 0 unspecified atom stereocenters. The molecule has 2 aromatic rings. The Hall–Kier alpha value is -2.62. The minimum Gasteiger partial charge on any atom is -0.441 e. The first-order valence-corrected chi connectivity index (χ1v) is 7.19. The number of anilines is 2. The molecule has 1 aliphatic heterocycles. The zero-order valence-electron chi connectivity index (χ0n) is 12.4. The molecule has 0 spiro atoms. The Balaban J connectivity index is 1.65. The highest BCUT2D eigenvalue weighted by Gasteiger charge is 2.37. The molecular formula is C14H14F3N5O2. The van der Waals surface area contributed by atoms with Gasteiger partial charge in [-0.3, -0.25) is 4.79 Å². The molecule has 7 nitrogen and oxygen atoms in total. The fourth-order valence-electron chi connectivity index (χ4n) is 2.24. The van der Waals surface area contributed by atoms with Crippen LogP contribution in [0, 0.1) is 0 Å². The summed E-state index contributed by atoms with van der Waals surface area (Å²) in [4.78, 5) is 21.4. The van der Waals surface area contributed by atoms with E-state index in [9.17, 15) is 18.0 Å². The van der Waals surface area contributed by atoms with Gasteiger partial charge < -0.3 is 20.0 Å². The zero-order valence-corrected chi connectivity index (χ0v) is 12.4. The summed E-state index contributed by atoms with van der Waals surface area (Å²) in [5.41, 5.74) is -0.0936. The van der Waals surface area contributed by atoms with Crippen molar-refractivity contribution in [3.05, 3.63) is 36.2 Å². The predicted molar refractivity (Wildman–Crippen MR) is 78.8 cm³/mol. The monoisotopic (exact) mass is 341 g/mol. The number of carbonyl (C=O) groups excluding carboxylic acids is 1. The second-order valence-electron chi connectivity index (χ2n) is 5.13. The van der Waals surface area contributed by atoms with Crippen LogP contribution in [-0.4, -0.2) is 42.1 Å². The van der Waals surface area contributed by atoms with E-state index in [0.717, 1.165) is 32.0 Å². The molecular weight excluding hydrogens is 327 g/mol. The average Bonchev–Trinajstić information content (AvgIpc) is 3.07. The van der Waals surface area contributed by atoms with Gasteiger partial charge in [0.05, 0.1) is 11.9 Å². The minimum atomic E-state index is -4.73. The molecule has 10 heteroatoms. The molecule has 3 heterocycles. The molecule has 1 amide bonds. The Kier molecular flexibility index (Phi) is 4.38. The SMILES string of the molecule is O=C(Nc1ccc(N2CCNCC2)nc1)c1coc(C(F)(F)F)n1. The van der Waals surface area contributed by atoms with Crippen LogP contribution in [0.5, 0.6) is 0 Å². The van der Waals surface area contributed by atoms with Crippen LogP contribution in [0.2, 0.25) is 0 Å². The lowest BCUT2D eigenvalue weighted by molar-refractivity contribution is -0.157. The Morgan fingerprint density at radius 3 is 2.62 bits per heavy atom. The van der Waals surface area contributed by atoms with Crippen LogP contribution >= 0.6 is 0 Å². The fraction of sp³-hybridized carbons (Fsp3) is 0.357. The normalized spacial score (nSPS) is 15.4. The van der Waals surface area contributed by atoms with E-state index in [1.54, 1.807) is 12.1 Å². The number of rotatable bonds is 3. The van der Waals surface area contributed by atoms with Crippen LogP contribution in [0.25, 0.3) is 0 Å². The number of nitrogens with one attached hydrogen (secondary N) is 2. The first-order chi connectivity index (χ1) is 11.4. The van der Waals surface area contributed by atoms with Gasteiger partial charge in [-0.15, -0.1) is 0 Å². The molecule has 1 fully saturated rings. The molecule has 0 aliphatic carbocycles. The fourth-order valence-corrected chi connectivity index (χ4v) is 2.24. The van der Waals surface area contributed by atoms with Crippen molar-refractivity contribution in [1.82, 2.24) is 15.3 Å². The number of hydrogen-bond donors (Lipinski definition) is 2. The van der Waals surface area contributed by atoms with Crippen LogP contribution in [-0.2, 0) is 6.18 Å². The molecule has 128 valence electrons. The van der Waals surface area contributed by atoms with Crippen molar-refractivity contribution < 1.29 is 22.4 Å². The molecule has 24 heavy (non-hydrogen) atoms. The second kappa shape index (κ2) is 6.48. The zero-order chi connectivity index (χ0) is 17.2. The summed E-state index contributed by atoms with van der Waals surface area (Å²) in [5.74, 6) is -1.49. The molecule has 3 rings (SSSR count). The number of hydrogen-bond acceptors (Lipinski definition) is 6. The number of alkyl halides is 3. The number of oxazole rings is 1. The summed E-state index contributed by atoms with van der Waals surface area (Å²) in [7, 11) is 0. The van der Waals surface area contributed by atoms with Crippen molar-refractivity contribution in [2.75, 3.05) is 36.4 Å². The number of aromatic nitrogens is 2. The molecule has 0 radical (unpaired) electrons. The standard InChI is InChI=1S/C14H14F3N5O2/c15-14(16,17)13-21-10(8-24-13)12(23)20-9-1-2-11(19-7-9)22-5-3-18-4-6-22/h1-2,7-8,18H,3-6H2,(H,20,23). The van der Waals surface area contributed by atoms with Crippen LogP contribution < -0.4 is 15.5 Å². The van der Waals surface area contributed by atoms with Crippen molar-refractivity contribution in [2.45, 2.75) is 6.18 Å². The van der Waals surface area contributed by atoms with Crippen molar-refractivity contribution in [3.8, 4) is 0 Å². The third-order valence-electron chi connectivity index (χ3n) is 3.43. The molecule has 0 aromatic carbocycles. The molecule has 0 saturated carbocycles. The summed E-state index contributed by atoms with van der Waals surface area (Å²) in [6.07, 6.45) is -2.62. The van der Waals surface area contributed by atoms with E-state index in [1.807, 2.05) is 0 Å². The van der Waals surface area contributed by atoms with Gasteiger partial charge in [-0.2, -0.15) is 13.2 Å². The maximum Gasteiger partial charge on any atom is 0.468 e. The topological polar surface area (TPSA) is 83.3 Å². The first-order valence-electron chi connectivity index (χ1n) is 7.19. The third-order valence-corrected chi connectivity index (χ3v) is 3.43. The van der Waals surface area contributed by atoms with Crippen molar-refractivity contribution >= 4 is 17.4 Å². The Bertz CT molecular complexity index is 708. The summed E-state index contributed by atoms with van der Waals surface area (Å²) in [6, 6.07) is 3.37. The third kappa shape index (κ3) is 3.65. The number of pyridine rings is 1. The van der Waals surface area contributed by atoms with Gasteiger partial charge in [0, 0.05) is 26.2 Å². The van der Waals surface area contributed by atoms with Gasteiger partial charge in [0.15, 0.2) is 5.69 Å². The van der Waals surface area contributed by atoms with Crippen LogP contribution in [0.15, 0.2) is 29.0 Å². The maximum atomic E-state index is 12.4. The highest BCUT2D eigenvalue weighted by atomic mass is 19.4. The van der Waals surface area contributed by atoms with Crippen molar-refractivity contribution in [2.24, 2.45) is 0 Å². The Labute approximate surface area is 134 Å². The minimum absolute atomic E-state index is 0.357. The lowest BCUT2D eigenvalue weighted by Crippen LogP contribution is -2.43. The van der Waals surface area contributed by atoms with Crippen molar-refractivity contribution in [1.29, 1.82) is 0 Å². The van der Waals surface area contributed by atoms with Gasteiger partial charge in [-0.05, 0) is 12.1 Å². The molecule has 2 N–H and O–H groups in total. The van der Waals surface area contributed by atoms with E-state index in [4.69, 9.17) is 0 Å². The molecule has 1 aliphatic rings. The average molecular weight is 341 g/mol. The van der Waals surface area contributed by atoms with E-state index < -0.39 is 23.7 Å². The van der Waals surface area contributed by atoms with Crippen LogP contribution in [0.1, 0.15) is 16.4 Å². The lowest BCUT2D eigenvalue weighted by Gasteiger charge is -2.28. The highest BCUT2D eigenvalue weighted by molar-refractivity contribution is 6.02. The summed E-state index contributed by atoms with van der Waals surface area (Å²) in [5, 5.41) is 5.66. The summed E-state index contributed by atoms with van der Waals surface area (Å²) in [6.45, 7) is 3.40. The quantitative estimate of drug-likeness (QED) is 0.885. The number of nitrogens with zero attached hydrogens (tertiary/aromatic N) is 3. The molecule has 0 bridgehead atoms. The van der Waals surface area contributed by atoms with Gasteiger partial charge in [-0.25, -0.2) is 9.97 Å².